The number of carbonyl (C=O) groups excluding carboxylic acids is 1. The summed E-state index contributed by atoms with van der Waals surface area (Å²) in [6.07, 6.45) is 0.647. The SMILES string of the molecule is Cc1nc(-c2ccc(Cl)cc2)sc1C(=O)NCCc1ccc(F)cc1. The second-order valence-corrected chi connectivity index (χ2v) is 7.01. The molecule has 0 aliphatic carbocycles. The summed E-state index contributed by atoms with van der Waals surface area (Å²) in [7, 11) is 0. The predicted molar refractivity (Wildman–Crippen MR) is 99.7 cm³/mol. The van der Waals surface area contributed by atoms with Crippen molar-refractivity contribution < 1.29 is 9.18 Å². The van der Waals surface area contributed by atoms with E-state index in [4.69, 9.17) is 11.6 Å². The number of hydrogen-bond acceptors (Lipinski definition) is 3. The Kier molecular flexibility index (Phi) is 5.46. The molecule has 0 bridgehead atoms. The summed E-state index contributed by atoms with van der Waals surface area (Å²) >= 11 is 7.26. The molecule has 3 aromatic rings. The van der Waals surface area contributed by atoms with Crippen molar-refractivity contribution in [3.63, 3.8) is 0 Å². The van der Waals surface area contributed by atoms with Gasteiger partial charge in [0.15, 0.2) is 0 Å². The third-order valence-electron chi connectivity index (χ3n) is 3.71. The van der Waals surface area contributed by atoms with Crippen LogP contribution in [0.25, 0.3) is 10.6 Å². The lowest BCUT2D eigenvalue weighted by atomic mass is 10.1. The van der Waals surface area contributed by atoms with E-state index in [0.717, 1.165) is 16.1 Å². The zero-order valence-electron chi connectivity index (χ0n) is 13.6. The summed E-state index contributed by atoms with van der Waals surface area (Å²) in [4.78, 5) is 17.5. The number of carbonyl (C=O) groups is 1. The highest BCUT2D eigenvalue weighted by Crippen LogP contribution is 2.28. The van der Waals surface area contributed by atoms with Crippen LogP contribution in [0.3, 0.4) is 0 Å². The molecule has 2 aromatic carbocycles. The largest absolute Gasteiger partial charge is 0.351 e. The molecule has 6 heteroatoms. The van der Waals surface area contributed by atoms with E-state index in [-0.39, 0.29) is 11.7 Å². The monoisotopic (exact) mass is 374 g/mol. The lowest BCUT2D eigenvalue weighted by Gasteiger charge is -2.04. The molecule has 0 fully saturated rings. The summed E-state index contributed by atoms with van der Waals surface area (Å²) in [6, 6.07) is 13.7. The van der Waals surface area contributed by atoms with Gasteiger partial charge in [0.1, 0.15) is 15.7 Å². The van der Waals surface area contributed by atoms with Crippen molar-refractivity contribution in [2.75, 3.05) is 6.54 Å². The quantitative estimate of drug-likeness (QED) is 0.691. The first-order chi connectivity index (χ1) is 12.0. The predicted octanol–water partition coefficient (Wildman–Crippen LogP) is 4.88. The standard InChI is InChI=1S/C19H16ClFN2OS/c1-12-17(25-19(23-12)14-4-6-15(20)7-5-14)18(24)22-11-10-13-2-8-16(21)9-3-13/h2-9H,10-11H2,1H3,(H,22,24). The number of aryl methyl sites for hydroxylation is 1. The highest BCUT2D eigenvalue weighted by Gasteiger charge is 2.15. The van der Waals surface area contributed by atoms with Gasteiger partial charge in [0.2, 0.25) is 0 Å². The molecule has 0 radical (unpaired) electrons. The molecule has 0 atom stereocenters. The fourth-order valence-corrected chi connectivity index (χ4v) is 3.49. The Hall–Kier alpha value is -2.24. The van der Waals surface area contributed by atoms with E-state index in [0.29, 0.717) is 28.6 Å². The fraction of sp³-hybridized carbons (Fsp3) is 0.158. The number of aromatic nitrogens is 1. The number of amides is 1. The van der Waals surface area contributed by atoms with Gasteiger partial charge in [-0.2, -0.15) is 0 Å². The summed E-state index contributed by atoms with van der Waals surface area (Å²) in [6.45, 7) is 2.31. The molecule has 0 saturated heterocycles. The Morgan fingerprint density at radius 1 is 1.16 bits per heavy atom. The number of halogens is 2. The molecular weight excluding hydrogens is 359 g/mol. The lowest BCUT2D eigenvalue weighted by molar-refractivity contribution is 0.0957. The molecule has 1 aromatic heterocycles. The average Bonchev–Trinajstić information content (AvgIpc) is 2.99. The van der Waals surface area contributed by atoms with Crippen LogP contribution < -0.4 is 5.32 Å². The maximum Gasteiger partial charge on any atom is 0.263 e. The van der Waals surface area contributed by atoms with Crippen LogP contribution in [0.1, 0.15) is 20.9 Å². The van der Waals surface area contributed by atoms with Gasteiger partial charge in [-0.15, -0.1) is 11.3 Å². The van der Waals surface area contributed by atoms with Gasteiger partial charge >= 0.3 is 0 Å². The number of nitrogens with zero attached hydrogens (tertiary/aromatic N) is 1. The minimum absolute atomic E-state index is 0.141. The minimum Gasteiger partial charge on any atom is -0.351 e. The molecule has 1 amide bonds. The van der Waals surface area contributed by atoms with Crippen molar-refractivity contribution in [1.29, 1.82) is 0 Å². The Balaban J connectivity index is 1.64. The van der Waals surface area contributed by atoms with Crippen molar-refractivity contribution in [3.8, 4) is 10.6 Å². The van der Waals surface area contributed by atoms with Crippen molar-refractivity contribution in [2.24, 2.45) is 0 Å². The van der Waals surface area contributed by atoms with Crippen LogP contribution in [0, 0.1) is 12.7 Å². The van der Waals surface area contributed by atoms with E-state index in [1.165, 1.54) is 23.5 Å². The number of benzene rings is 2. The molecule has 0 aliphatic rings. The molecule has 0 aliphatic heterocycles. The Morgan fingerprint density at radius 3 is 2.52 bits per heavy atom. The highest BCUT2D eigenvalue weighted by atomic mass is 35.5. The second kappa shape index (κ2) is 7.76. The molecule has 1 heterocycles. The van der Waals surface area contributed by atoms with Gasteiger partial charge in [-0.05, 0) is 43.2 Å². The van der Waals surface area contributed by atoms with Crippen molar-refractivity contribution in [3.05, 3.63) is 75.5 Å². The molecular formula is C19H16ClFN2OS. The molecule has 1 N–H and O–H groups in total. The molecule has 25 heavy (non-hydrogen) atoms. The van der Waals surface area contributed by atoms with Crippen molar-refractivity contribution in [2.45, 2.75) is 13.3 Å². The first-order valence-corrected chi connectivity index (χ1v) is 8.98. The van der Waals surface area contributed by atoms with Crippen molar-refractivity contribution in [1.82, 2.24) is 10.3 Å². The topological polar surface area (TPSA) is 42.0 Å². The van der Waals surface area contributed by atoms with Crippen LogP contribution in [-0.2, 0) is 6.42 Å². The maximum atomic E-state index is 12.9. The average molecular weight is 375 g/mol. The number of thiazole rings is 1. The van der Waals surface area contributed by atoms with Crippen LogP contribution in [-0.4, -0.2) is 17.4 Å². The van der Waals surface area contributed by atoms with E-state index in [2.05, 4.69) is 10.3 Å². The first kappa shape index (κ1) is 17.6. The van der Waals surface area contributed by atoms with Gasteiger partial charge in [0.25, 0.3) is 5.91 Å². The summed E-state index contributed by atoms with van der Waals surface area (Å²) in [5.41, 5.74) is 2.61. The van der Waals surface area contributed by atoms with E-state index in [1.807, 2.05) is 19.1 Å². The van der Waals surface area contributed by atoms with E-state index in [1.54, 1.807) is 24.3 Å². The minimum atomic E-state index is -0.261. The van der Waals surface area contributed by atoms with Gasteiger partial charge in [-0.1, -0.05) is 35.9 Å². The normalized spacial score (nSPS) is 10.7. The smallest absolute Gasteiger partial charge is 0.263 e. The zero-order chi connectivity index (χ0) is 17.8. The van der Waals surface area contributed by atoms with Gasteiger partial charge in [-0.3, -0.25) is 4.79 Å². The number of hydrogen-bond donors (Lipinski definition) is 1. The molecule has 0 unspecified atom stereocenters. The summed E-state index contributed by atoms with van der Waals surface area (Å²) in [5.74, 6) is -0.403. The summed E-state index contributed by atoms with van der Waals surface area (Å²) < 4.78 is 12.9. The maximum absolute atomic E-state index is 12.9. The highest BCUT2D eigenvalue weighted by molar-refractivity contribution is 7.17. The Labute approximate surface area is 154 Å². The van der Waals surface area contributed by atoms with Crippen molar-refractivity contribution >= 4 is 28.8 Å². The second-order valence-electron chi connectivity index (χ2n) is 5.57. The van der Waals surface area contributed by atoms with Gasteiger partial charge < -0.3 is 5.32 Å². The summed E-state index contributed by atoms with van der Waals surface area (Å²) in [5, 5.41) is 4.35. The fourth-order valence-electron chi connectivity index (χ4n) is 2.37. The zero-order valence-corrected chi connectivity index (χ0v) is 15.1. The van der Waals surface area contributed by atoms with Crippen LogP contribution in [0.15, 0.2) is 48.5 Å². The molecule has 0 spiro atoms. The van der Waals surface area contributed by atoms with Crippen LogP contribution in [0.4, 0.5) is 4.39 Å². The van der Waals surface area contributed by atoms with Gasteiger partial charge in [0, 0.05) is 17.1 Å². The number of rotatable bonds is 5. The molecule has 3 nitrogen and oxygen atoms in total. The molecule has 3 rings (SSSR count). The van der Waals surface area contributed by atoms with E-state index in [9.17, 15) is 9.18 Å². The van der Waals surface area contributed by atoms with Crippen LogP contribution in [0.2, 0.25) is 5.02 Å². The molecule has 128 valence electrons. The number of nitrogens with one attached hydrogen (secondary N) is 1. The van der Waals surface area contributed by atoms with Crippen LogP contribution in [0.5, 0.6) is 0 Å². The van der Waals surface area contributed by atoms with E-state index >= 15 is 0 Å². The Morgan fingerprint density at radius 2 is 1.84 bits per heavy atom. The van der Waals surface area contributed by atoms with Gasteiger partial charge in [0.05, 0.1) is 5.69 Å². The third-order valence-corrected chi connectivity index (χ3v) is 5.16. The Bertz CT molecular complexity index is 875. The van der Waals surface area contributed by atoms with Crippen LogP contribution >= 0.6 is 22.9 Å². The lowest BCUT2D eigenvalue weighted by Crippen LogP contribution is -2.25. The third kappa shape index (κ3) is 4.44. The van der Waals surface area contributed by atoms with Gasteiger partial charge in [-0.25, -0.2) is 9.37 Å². The molecule has 0 saturated carbocycles. The first-order valence-electron chi connectivity index (χ1n) is 7.79. The van der Waals surface area contributed by atoms with E-state index < -0.39 is 0 Å².